The quantitative estimate of drug-likeness (QED) is 0.0948. The highest BCUT2D eigenvalue weighted by Crippen LogP contribution is 2.51. The van der Waals surface area contributed by atoms with Gasteiger partial charge in [0.05, 0.1) is 18.1 Å². The number of para-hydroxylation sites is 1. The van der Waals surface area contributed by atoms with E-state index in [1.54, 1.807) is 22.7 Å². The molecule has 0 unspecified atom stereocenters. The summed E-state index contributed by atoms with van der Waals surface area (Å²) in [6.07, 6.45) is 0. The lowest BCUT2D eigenvalue weighted by Crippen LogP contribution is -2.41. The predicted molar refractivity (Wildman–Crippen MR) is 239 cm³/mol. The number of thiophene rings is 3. The van der Waals surface area contributed by atoms with Gasteiger partial charge < -0.3 is 0 Å². The van der Waals surface area contributed by atoms with Gasteiger partial charge in [-0.25, -0.2) is 4.90 Å². The van der Waals surface area contributed by atoms with E-state index in [2.05, 4.69) is 132 Å². The molecule has 0 atom stereocenters. The maximum atomic E-state index is 14.7. The van der Waals surface area contributed by atoms with Crippen molar-refractivity contribution in [3.8, 4) is 30.6 Å². The van der Waals surface area contributed by atoms with Crippen LogP contribution in [0.25, 0.3) is 73.7 Å². The Morgan fingerprint density at radius 2 is 1.00 bits per heavy atom. The third kappa shape index (κ3) is 5.00. The molecular formula is C46H31Br2NO2S3. The molecule has 4 heterocycles. The van der Waals surface area contributed by atoms with E-state index in [4.69, 9.17) is 0 Å². The topological polar surface area (TPSA) is 37.4 Å². The van der Waals surface area contributed by atoms with Crippen molar-refractivity contribution >= 4 is 126 Å². The van der Waals surface area contributed by atoms with E-state index < -0.39 is 0 Å². The fourth-order valence-electron chi connectivity index (χ4n) is 8.46. The Kier molecular flexibility index (Phi) is 8.06. The van der Waals surface area contributed by atoms with Crippen LogP contribution >= 0.6 is 65.9 Å². The fourth-order valence-corrected chi connectivity index (χ4v) is 12.7. The van der Waals surface area contributed by atoms with Crippen molar-refractivity contribution in [2.45, 2.75) is 39.5 Å². The Bertz CT molecular complexity index is 2880. The molecule has 0 bridgehead atoms. The van der Waals surface area contributed by atoms with E-state index in [-0.39, 0.29) is 23.7 Å². The van der Waals surface area contributed by atoms with Gasteiger partial charge in [0.2, 0.25) is 0 Å². The van der Waals surface area contributed by atoms with Crippen LogP contribution in [0.15, 0.2) is 111 Å². The van der Waals surface area contributed by atoms with Gasteiger partial charge in [-0.05, 0) is 141 Å². The number of fused-ring (bicyclic) bond motifs is 2. The Hall–Kier alpha value is -4.18. The second-order valence-corrected chi connectivity index (χ2v) is 20.5. The van der Waals surface area contributed by atoms with Gasteiger partial charge in [0, 0.05) is 36.7 Å². The highest BCUT2D eigenvalue weighted by molar-refractivity contribution is 9.11. The number of hydrogen-bond donors (Lipinski definition) is 0. The molecule has 10 rings (SSSR count). The molecule has 6 aromatic carbocycles. The molecule has 0 saturated carbocycles. The fraction of sp³-hybridized carbons (Fsp3) is 0.130. The first-order valence-corrected chi connectivity index (χ1v) is 22.0. The zero-order valence-electron chi connectivity index (χ0n) is 29.7. The molecule has 54 heavy (non-hydrogen) atoms. The molecule has 1 aliphatic rings. The summed E-state index contributed by atoms with van der Waals surface area (Å²) in [4.78, 5) is 35.8. The number of imide groups is 1. The lowest BCUT2D eigenvalue weighted by atomic mass is 9.83. The molecule has 3 aromatic heterocycles. The third-order valence-electron chi connectivity index (χ3n) is 10.8. The molecule has 0 N–H and O–H groups in total. The van der Waals surface area contributed by atoms with Crippen molar-refractivity contribution in [1.29, 1.82) is 0 Å². The second kappa shape index (κ2) is 12.7. The molecule has 0 aliphatic carbocycles. The molecule has 264 valence electrons. The number of anilines is 1. The number of benzene rings is 6. The number of carbonyl (C=O) groups excluding carboxylic acids is 2. The molecular weight excluding hydrogens is 855 g/mol. The zero-order valence-corrected chi connectivity index (χ0v) is 35.3. The molecule has 9 aromatic rings. The number of hydrogen-bond acceptors (Lipinski definition) is 5. The zero-order chi connectivity index (χ0) is 37.2. The first kappa shape index (κ1) is 34.3. The summed E-state index contributed by atoms with van der Waals surface area (Å²) >= 11 is 12.7. The van der Waals surface area contributed by atoms with Gasteiger partial charge in [-0.2, -0.15) is 0 Å². The van der Waals surface area contributed by atoms with Gasteiger partial charge in [-0.1, -0.05) is 88.4 Å². The summed E-state index contributed by atoms with van der Waals surface area (Å²) in [5, 5.41) is 8.48. The van der Waals surface area contributed by atoms with E-state index in [1.807, 2.05) is 41.7 Å². The largest absolute Gasteiger partial charge is 0.268 e. The molecule has 0 radical (unpaired) electrons. The van der Waals surface area contributed by atoms with E-state index in [1.165, 1.54) is 46.3 Å². The van der Waals surface area contributed by atoms with Crippen LogP contribution in [0.1, 0.15) is 71.4 Å². The van der Waals surface area contributed by atoms with E-state index >= 15 is 0 Å². The van der Waals surface area contributed by atoms with Crippen LogP contribution < -0.4 is 4.90 Å². The lowest BCUT2D eigenvalue weighted by molar-refractivity contribution is 0.0893. The minimum absolute atomic E-state index is 0.140. The normalized spacial score (nSPS) is 13.4. The van der Waals surface area contributed by atoms with Crippen molar-refractivity contribution < 1.29 is 9.59 Å². The average Bonchev–Trinajstić information content (AvgIpc) is 3.92. The van der Waals surface area contributed by atoms with Gasteiger partial charge in [0.25, 0.3) is 11.8 Å². The van der Waals surface area contributed by atoms with E-state index in [0.29, 0.717) is 11.1 Å². The number of halogens is 2. The third-order valence-corrected chi connectivity index (χ3v) is 15.5. The number of amides is 2. The number of rotatable bonds is 6. The van der Waals surface area contributed by atoms with E-state index in [0.717, 1.165) is 56.7 Å². The Morgan fingerprint density at radius 3 is 1.57 bits per heavy atom. The average molecular weight is 886 g/mol. The molecule has 0 saturated heterocycles. The maximum Gasteiger partial charge on any atom is 0.266 e. The van der Waals surface area contributed by atoms with Crippen LogP contribution in [0.3, 0.4) is 0 Å². The van der Waals surface area contributed by atoms with Crippen molar-refractivity contribution in [1.82, 2.24) is 0 Å². The predicted octanol–water partition coefficient (Wildman–Crippen LogP) is 15.5. The standard InChI is InChI=1S/C46H31Br2NO2S3/c1-22(2)24-7-5-8-25(23(3)4)43(24)49-45(50)32-15-13-30-28-10-6-9-27-26(11-12-29(40(27)28)31-14-16-33(46(49)51)42(32)41(30)31)37-21-34(35-17-19-38(47)52-35)44(54-37)36-18-20-39(48)53-36/h5-23H,1-4H3. The molecule has 2 amide bonds. The number of carbonyl (C=O) groups is 2. The first-order valence-electron chi connectivity index (χ1n) is 17.9. The Morgan fingerprint density at radius 1 is 0.481 bits per heavy atom. The minimum atomic E-state index is -0.259. The summed E-state index contributed by atoms with van der Waals surface area (Å²) in [7, 11) is 0. The summed E-state index contributed by atoms with van der Waals surface area (Å²) in [5.74, 6) is -0.238. The summed E-state index contributed by atoms with van der Waals surface area (Å²) < 4.78 is 2.23. The molecule has 0 spiro atoms. The Labute approximate surface area is 341 Å². The highest BCUT2D eigenvalue weighted by atomic mass is 79.9. The smallest absolute Gasteiger partial charge is 0.266 e. The summed E-state index contributed by atoms with van der Waals surface area (Å²) in [5.41, 5.74) is 6.33. The van der Waals surface area contributed by atoms with Crippen LogP contribution in [0.2, 0.25) is 0 Å². The van der Waals surface area contributed by atoms with Crippen LogP contribution in [-0.4, -0.2) is 11.8 Å². The van der Waals surface area contributed by atoms with E-state index in [9.17, 15) is 9.59 Å². The van der Waals surface area contributed by atoms with Gasteiger partial charge in [0.15, 0.2) is 0 Å². The van der Waals surface area contributed by atoms with Crippen LogP contribution in [0, 0.1) is 0 Å². The monoisotopic (exact) mass is 883 g/mol. The molecule has 8 heteroatoms. The lowest BCUT2D eigenvalue weighted by Gasteiger charge is -2.32. The SMILES string of the molecule is CC(C)c1cccc(C(C)C)c1N1C(=O)c2ccc3c4cccc5c(-c6cc(-c7ccc(Br)s7)c(-c7ccc(Br)s7)s6)ccc(c6ccc(c2c36)C1=O)c54. The van der Waals surface area contributed by atoms with Crippen molar-refractivity contribution in [2.75, 3.05) is 4.90 Å². The Balaban J connectivity index is 1.19. The van der Waals surface area contributed by atoms with Crippen molar-refractivity contribution in [3.05, 3.63) is 133 Å². The van der Waals surface area contributed by atoms with Gasteiger partial charge in [-0.3, -0.25) is 9.59 Å². The van der Waals surface area contributed by atoms with Crippen molar-refractivity contribution in [2.24, 2.45) is 0 Å². The van der Waals surface area contributed by atoms with Crippen molar-refractivity contribution in [3.63, 3.8) is 0 Å². The second-order valence-electron chi connectivity index (χ2n) is 14.6. The highest BCUT2D eigenvalue weighted by Gasteiger charge is 2.38. The van der Waals surface area contributed by atoms with Gasteiger partial charge in [-0.15, -0.1) is 34.0 Å². The molecule has 3 nitrogen and oxygen atoms in total. The number of nitrogens with zero attached hydrogens (tertiary/aromatic N) is 1. The maximum absolute atomic E-state index is 14.7. The summed E-state index contributed by atoms with van der Waals surface area (Å²) in [6, 6.07) is 36.3. The van der Waals surface area contributed by atoms with Gasteiger partial charge in [0.1, 0.15) is 0 Å². The molecule has 1 aliphatic heterocycles. The van der Waals surface area contributed by atoms with Crippen LogP contribution in [0.4, 0.5) is 5.69 Å². The van der Waals surface area contributed by atoms with Crippen LogP contribution in [-0.2, 0) is 0 Å². The van der Waals surface area contributed by atoms with Gasteiger partial charge >= 0.3 is 0 Å². The van der Waals surface area contributed by atoms with Crippen LogP contribution in [0.5, 0.6) is 0 Å². The minimum Gasteiger partial charge on any atom is -0.268 e. The molecule has 0 fully saturated rings. The first-order chi connectivity index (χ1) is 26.1. The summed E-state index contributed by atoms with van der Waals surface area (Å²) in [6.45, 7) is 8.47.